The Kier molecular flexibility index (Phi) is 3.56. The molecule has 1 saturated heterocycles. The van der Waals surface area contributed by atoms with Gasteiger partial charge in [-0.15, -0.1) is 0 Å². The SMILES string of the molecule is NCCc1ccc(C2(F)CCOCC2)cc1. The highest BCUT2D eigenvalue weighted by Gasteiger charge is 2.33. The van der Waals surface area contributed by atoms with E-state index in [1.165, 1.54) is 5.56 Å². The Morgan fingerprint density at radius 1 is 1.19 bits per heavy atom. The van der Waals surface area contributed by atoms with Gasteiger partial charge in [-0.05, 0) is 24.1 Å². The van der Waals surface area contributed by atoms with Crippen molar-refractivity contribution >= 4 is 0 Å². The monoisotopic (exact) mass is 223 g/mol. The Morgan fingerprint density at radius 2 is 1.81 bits per heavy atom. The van der Waals surface area contributed by atoms with Crippen LogP contribution in [0.25, 0.3) is 0 Å². The minimum atomic E-state index is -1.19. The van der Waals surface area contributed by atoms with Crippen molar-refractivity contribution in [3.8, 4) is 0 Å². The lowest BCUT2D eigenvalue weighted by atomic mass is 9.88. The van der Waals surface area contributed by atoms with Gasteiger partial charge in [0.1, 0.15) is 5.67 Å². The lowest BCUT2D eigenvalue weighted by Gasteiger charge is -2.30. The first kappa shape index (κ1) is 11.6. The number of halogens is 1. The zero-order valence-corrected chi connectivity index (χ0v) is 9.42. The summed E-state index contributed by atoms with van der Waals surface area (Å²) in [5.74, 6) is 0. The molecule has 1 aliphatic heterocycles. The second-order valence-electron chi connectivity index (χ2n) is 4.31. The highest BCUT2D eigenvalue weighted by molar-refractivity contribution is 5.28. The average molecular weight is 223 g/mol. The van der Waals surface area contributed by atoms with Gasteiger partial charge in [-0.25, -0.2) is 4.39 Å². The van der Waals surface area contributed by atoms with Gasteiger partial charge >= 0.3 is 0 Å². The maximum atomic E-state index is 14.5. The van der Waals surface area contributed by atoms with Crippen LogP contribution in [-0.4, -0.2) is 19.8 Å². The molecule has 1 aromatic rings. The minimum Gasteiger partial charge on any atom is -0.381 e. The molecule has 0 atom stereocenters. The van der Waals surface area contributed by atoms with E-state index in [4.69, 9.17) is 10.5 Å². The fourth-order valence-electron chi connectivity index (χ4n) is 2.12. The molecule has 1 aliphatic rings. The maximum absolute atomic E-state index is 14.5. The Balaban J connectivity index is 2.13. The first-order valence-corrected chi connectivity index (χ1v) is 5.81. The van der Waals surface area contributed by atoms with E-state index < -0.39 is 5.67 Å². The normalized spacial score (nSPS) is 19.6. The predicted octanol–water partition coefficient (Wildman–Crippen LogP) is 2.16. The van der Waals surface area contributed by atoms with Gasteiger partial charge in [0.05, 0.1) is 0 Å². The van der Waals surface area contributed by atoms with Crippen molar-refractivity contribution < 1.29 is 9.13 Å². The molecule has 16 heavy (non-hydrogen) atoms. The highest BCUT2D eigenvalue weighted by Crippen LogP contribution is 2.36. The average Bonchev–Trinajstić information content (AvgIpc) is 2.31. The molecule has 0 aliphatic carbocycles. The summed E-state index contributed by atoms with van der Waals surface area (Å²) in [4.78, 5) is 0. The van der Waals surface area contributed by atoms with Crippen molar-refractivity contribution in [3.05, 3.63) is 35.4 Å². The predicted molar refractivity (Wildman–Crippen MR) is 62.0 cm³/mol. The molecule has 2 rings (SSSR count). The van der Waals surface area contributed by atoms with Crippen LogP contribution in [0.3, 0.4) is 0 Å². The fraction of sp³-hybridized carbons (Fsp3) is 0.538. The van der Waals surface area contributed by atoms with Crippen LogP contribution in [0, 0.1) is 0 Å². The molecular formula is C13H18FNO. The Bertz CT molecular complexity index is 330. The molecule has 1 fully saturated rings. The molecule has 2 nitrogen and oxygen atoms in total. The molecule has 1 heterocycles. The van der Waals surface area contributed by atoms with Gasteiger partial charge < -0.3 is 10.5 Å². The van der Waals surface area contributed by atoms with Crippen molar-refractivity contribution in [2.75, 3.05) is 19.8 Å². The quantitative estimate of drug-likeness (QED) is 0.852. The second-order valence-corrected chi connectivity index (χ2v) is 4.31. The first-order chi connectivity index (χ1) is 7.74. The summed E-state index contributed by atoms with van der Waals surface area (Å²) in [6.45, 7) is 1.66. The summed E-state index contributed by atoms with van der Waals surface area (Å²) >= 11 is 0. The third kappa shape index (κ3) is 2.42. The van der Waals surface area contributed by atoms with E-state index in [0.29, 0.717) is 32.6 Å². The summed E-state index contributed by atoms with van der Waals surface area (Å²) in [6.07, 6.45) is 1.77. The summed E-state index contributed by atoms with van der Waals surface area (Å²) < 4.78 is 19.7. The second kappa shape index (κ2) is 4.93. The standard InChI is InChI=1S/C13H18FNO/c14-13(6-9-16-10-7-13)12-3-1-11(2-4-12)5-8-15/h1-4H,5-10,15H2. The number of benzene rings is 1. The fourth-order valence-corrected chi connectivity index (χ4v) is 2.12. The molecule has 3 heteroatoms. The van der Waals surface area contributed by atoms with Crippen molar-refractivity contribution in [2.24, 2.45) is 5.73 Å². The molecule has 88 valence electrons. The Hall–Kier alpha value is -0.930. The van der Waals surface area contributed by atoms with Gasteiger partial charge in [0, 0.05) is 26.1 Å². The van der Waals surface area contributed by atoms with Crippen molar-refractivity contribution in [3.63, 3.8) is 0 Å². The van der Waals surface area contributed by atoms with Gasteiger partial charge in [0.2, 0.25) is 0 Å². The van der Waals surface area contributed by atoms with E-state index in [0.717, 1.165) is 12.0 Å². The minimum absolute atomic E-state index is 0.462. The van der Waals surface area contributed by atoms with Crippen LogP contribution < -0.4 is 5.73 Å². The number of alkyl halides is 1. The molecule has 1 aromatic carbocycles. The van der Waals surface area contributed by atoms with E-state index in [1.54, 1.807) is 0 Å². The van der Waals surface area contributed by atoms with E-state index in [2.05, 4.69) is 0 Å². The molecule has 0 spiro atoms. The van der Waals surface area contributed by atoms with Crippen LogP contribution >= 0.6 is 0 Å². The smallest absolute Gasteiger partial charge is 0.140 e. The molecule has 0 aromatic heterocycles. The third-order valence-electron chi connectivity index (χ3n) is 3.19. The van der Waals surface area contributed by atoms with Crippen molar-refractivity contribution in [1.82, 2.24) is 0 Å². The Labute approximate surface area is 95.6 Å². The van der Waals surface area contributed by atoms with Crippen LogP contribution in [0.4, 0.5) is 4.39 Å². The molecule has 0 amide bonds. The summed E-state index contributed by atoms with van der Waals surface area (Å²) in [5.41, 5.74) is 6.22. The molecule has 2 N–H and O–H groups in total. The van der Waals surface area contributed by atoms with Crippen LogP contribution in [0.1, 0.15) is 24.0 Å². The largest absolute Gasteiger partial charge is 0.381 e. The van der Waals surface area contributed by atoms with Gasteiger partial charge in [-0.1, -0.05) is 24.3 Å². The van der Waals surface area contributed by atoms with Gasteiger partial charge in [-0.2, -0.15) is 0 Å². The maximum Gasteiger partial charge on any atom is 0.140 e. The van der Waals surface area contributed by atoms with Crippen LogP contribution in [0.15, 0.2) is 24.3 Å². The van der Waals surface area contributed by atoms with Gasteiger partial charge in [0.25, 0.3) is 0 Å². The van der Waals surface area contributed by atoms with E-state index in [1.807, 2.05) is 24.3 Å². The lowest BCUT2D eigenvalue weighted by Crippen LogP contribution is -2.29. The van der Waals surface area contributed by atoms with Gasteiger partial charge in [0.15, 0.2) is 0 Å². The molecule has 0 radical (unpaired) electrons. The number of hydrogen-bond acceptors (Lipinski definition) is 2. The molecule has 0 bridgehead atoms. The summed E-state index contributed by atoms with van der Waals surface area (Å²) in [7, 11) is 0. The zero-order valence-electron chi connectivity index (χ0n) is 9.42. The number of nitrogens with two attached hydrogens (primary N) is 1. The van der Waals surface area contributed by atoms with E-state index in [9.17, 15) is 4.39 Å². The highest BCUT2D eigenvalue weighted by atomic mass is 19.1. The number of rotatable bonds is 3. The third-order valence-corrected chi connectivity index (χ3v) is 3.19. The number of ether oxygens (including phenoxy) is 1. The van der Waals surface area contributed by atoms with Gasteiger partial charge in [-0.3, -0.25) is 0 Å². The topological polar surface area (TPSA) is 35.2 Å². The van der Waals surface area contributed by atoms with E-state index in [-0.39, 0.29) is 0 Å². The van der Waals surface area contributed by atoms with E-state index >= 15 is 0 Å². The van der Waals surface area contributed by atoms with Crippen LogP contribution in [-0.2, 0) is 16.8 Å². The first-order valence-electron chi connectivity index (χ1n) is 5.81. The zero-order chi connectivity index (χ0) is 11.4. The molecular weight excluding hydrogens is 205 g/mol. The molecule has 0 saturated carbocycles. The number of hydrogen-bond donors (Lipinski definition) is 1. The molecule has 0 unspecified atom stereocenters. The van der Waals surface area contributed by atoms with Crippen LogP contribution in [0.5, 0.6) is 0 Å². The van der Waals surface area contributed by atoms with Crippen molar-refractivity contribution in [2.45, 2.75) is 24.9 Å². The van der Waals surface area contributed by atoms with Crippen LogP contribution in [0.2, 0.25) is 0 Å². The summed E-state index contributed by atoms with van der Waals surface area (Å²) in [6, 6.07) is 7.71. The lowest BCUT2D eigenvalue weighted by molar-refractivity contribution is -0.0114. The summed E-state index contributed by atoms with van der Waals surface area (Å²) in [5, 5.41) is 0. The Morgan fingerprint density at radius 3 is 2.38 bits per heavy atom. The van der Waals surface area contributed by atoms with Crippen molar-refractivity contribution in [1.29, 1.82) is 0 Å².